The molecule has 0 radical (unpaired) electrons. The van der Waals surface area contributed by atoms with Crippen molar-refractivity contribution < 1.29 is 24.2 Å². The van der Waals surface area contributed by atoms with Gasteiger partial charge in [0.15, 0.2) is 5.69 Å². The molecule has 0 saturated carbocycles. The zero-order valence-corrected chi connectivity index (χ0v) is 27.0. The molecule has 0 saturated heterocycles. The number of amides is 2. The summed E-state index contributed by atoms with van der Waals surface area (Å²) in [4.78, 5) is 45.4. The molecule has 3 aromatic carbocycles. The van der Waals surface area contributed by atoms with Gasteiger partial charge in [-0.05, 0) is 84.3 Å². The summed E-state index contributed by atoms with van der Waals surface area (Å²) in [5, 5.41) is 18.3. The van der Waals surface area contributed by atoms with Crippen LogP contribution in [-0.2, 0) is 13.0 Å². The Hall–Kier alpha value is -5.32. The van der Waals surface area contributed by atoms with Gasteiger partial charge in [-0.2, -0.15) is 0 Å². The SMILES string of the molecule is Cc1cc(CN)cc(C)c1NC(=O)c1cc2c(cc1-c1ccc(C(=O)NC(C)c3ccccc3)nc1C(=O)O)OCCc1ccsc1-2. The van der Waals surface area contributed by atoms with Crippen molar-refractivity contribution in [1.29, 1.82) is 0 Å². The average Bonchev–Trinajstić information content (AvgIpc) is 3.47. The van der Waals surface area contributed by atoms with E-state index in [1.165, 1.54) is 12.1 Å². The third-order valence-electron chi connectivity index (χ3n) is 8.32. The van der Waals surface area contributed by atoms with Crippen molar-refractivity contribution in [2.45, 2.75) is 39.8 Å². The normalized spacial score (nSPS) is 12.6. The van der Waals surface area contributed by atoms with E-state index in [-0.39, 0.29) is 28.6 Å². The number of nitrogens with zero attached hydrogens (tertiary/aromatic N) is 1. The second kappa shape index (κ2) is 13.2. The van der Waals surface area contributed by atoms with E-state index in [4.69, 9.17) is 10.5 Å². The molecule has 1 unspecified atom stereocenters. The highest BCUT2D eigenvalue weighted by Crippen LogP contribution is 2.43. The smallest absolute Gasteiger partial charge is 0.355 e. The lowest BCUT2D eigenvalue weighted by Gasteiger charge is -2.19. The fourth-order valence-electron chi connectivity index (χ4n) is 5.94. The number of nitrogens with one attached hydrogen (secondary N) is 2. The molecule has 1 aliphatic rings. The zero-order valence-electron chi connectivity index (χ0n) is 26.2. The van der Waals surface area contributed by atoms with Gasteiger partial charge in [-0.1, -0.05) is 42.5 Å². The molecular formula is C37H34N4O5S. The molecule has 10 heteroatoms. The standard InChI is InChI=1S/C37H34N4O5S/c1-20-15-23(19-38)16-21(2)32(20)41-35(42)28-17-29-31(46-13-11-25-12-14-47-34(25)29)18-27(28)26-9-10-30(40-33(26)37(44)45)36(43)39-22(3)24-7-5-4-6-8-24/h4-10,12,14-18,22H,11,13,19,38H2,1-3H3,(H,39,43)(H,41,42)(H,44,45). The van der Waals surface area contributed by atoms with E-state index < -0.39 is 17.8 Å². The predicted molar refractivity (Wildman–Crippen MR) is 183 cm³/mol. The maximum Gasteiger partial charge on any atom is 0.355 e. The van der Waals surface area contributed by atoms with Crippen LogP contribution in [0.5, 0.6) is 5.75 Å². The van der Waals surface area contributed by atoms with Gasteiger partial charge in [-0.25, -0.2) is 9.78 Å². The molecule has 5 aromatic rings. The number of carbonyl (C=O) groups is 3. The summed E-state index contributed by atoms with van der Waals surface area (Å²) in [6, 6.07) is 21.5. The lowest BCUT2D eigenvalue weighted by atomic mass is 9.93. The fourth-order valence-corrected chi connectivity index (χ4v) is 6.91. The van der Waals surface area contributed by atoms with Crippen molar-refractivity contribution in [3.8, 4) is 27.3 Å². The van der Waals surface area contributed by atoms with Gasteiger partial charge in [0.25, 0.3) is 11.8 Å². The number of rotatable bonds is 8. The van der Waals surface area contributed by atoms with Crippen LogP contribution in [0.1, 0.15) is 72.1 Å². The Kier molecular flexibility index (Phi) is 8.88. The summed E-state index contributed by atoms with van der Waals surface area (Å²) in [6.07, 6.45) is 0.698. The Morgan fingerprint density at radius 1 is 0.957 bits per heavy atom. The molecule has 5 N–H and O–H groups in total. The second-order valence-electron chi connectivity index (χ2n) is 11.5. The van der Waals surface area contributed by atoms with Crippen molar-refractivity contribution in [2.75, 3.05) is 11.9 Å². The highest BCUT2D eigenvalue weighted by molar-refractivity contribution is 7.13. The molecule has 0 fully saturated rings. The summed E-state index contributed by atoms with van der Waals surface area (Å²) in [5.41, 5.74) is 12.3. The van der Waals surface area contributed by atoms with Gasteiger partial charge in [-0.15, -0.1) is 11.3 Å². The van der Waals surface area contributed by atoms with Crippen molar-refractivity contribution >= 4 is 34.8 Å². The molecule has 1 atom stereocenters. The number of hydrogen-bond donors (Lipinski definition) is 4. The zero-order chi connectivity index (χ0) is 33.2. The Bertz CT molecular complexity index is 2000. The minimum absolute atomic E-state index is 0.0552. The highest BCUT2D eigenvalue weighted by atomic mass is 32.1. The van der Waals surface area contributed by atoms with Crippen molar-refractivity contribution in [1.82, 2.24) is 10.3 Å². The maximum atomic E-state index is 14.2. The quantitative estimate of drug-likeness (QED) is 0.143. The number of aryl methyl sites for hydroxylation is 2. The van der Waals surface area contributed by atoms with E-state index in [1.54, 1.807) is 23.5 Å². The van der Waals surface area contributed by atoms with Crippen LogP contribution in [0.4, 0.5) is 5.69 Å². The first-order chi connectivity index (χ1) is 22.6. The number of anilines is 1. The number of thiophene rings is 1. The fraction of sp³-hybridized carbons (Fsp3) is 0.189. The van der Waals surface area contributed by atoms with Gasteiger partial charge in [0.05, 0.1) is 12.6 Å². The van der Waals surface area contributed by atoms with Gasteiger partial charge in [0.1, 0.15) is 11.4 Å². The van der Waals surface area contributed by atoms with Crippen LogP contribution < -0.4 is 21.1 Å². The number of carbonyl (C=O) groups excluding carboxylic acids is 2. The third kappa shape index (κ3) is 6.38. The summed E-state index contributed by atoms with van der Waals surface area (Å²) >= 11 is 1.56. The number of benzene rings is 3. The number of pyridine rings is 1. The molecule has 47 heavy (non-hydrogen) atoms. The second-order valence-corrected chi connectivity index (χ2v) is 12.5. The lowest BCUT2D eigenvalue weighted by Crippen LogP contribution is -2.28. The average molecular weight is 647 g/mol. The minimum atomic E-state index is -1.34. The number of nitrogens with two attached hydrogens (primary N) is 1. The number of aromatic nitrogens is 1. The topological polar surface area (TPSA) is 144 Å². The molecule has 3 heterocycles. The summed E-state index contributed by atoms with van der Waals surface area (Å²) in [6.45, 7) is 6.45. The van der Waals surface area contributed by atoms with Crippen LogP contribution in [-0.4, -0.2) is 34.5 Å². The van der Waals surface area contributed by atoms with E-state index >= 15 is 0 Å². The van der Waals surface area contributed by atoms with Crippen LogP contribution in [0.25, 0.3) is 21.6 Å². The molecule has 0 spiro atoms. The Labute approximate surface area is 276 Å². The lowest BCUT2D eigenvalue weighted by molar-refractivity contribution is 0.0691. The van der Waals surface area contributed by atoms with E-state index in [9.17, 15) is 19.5 Å². The summed E-state index contributed by atoms with van der Waals surface area (Å²) < 4.78 is 6.15. The predicted octanol–water partition coefficient (Wildman–Crippen LogP) is 6.93. The summed E-state index contributed by atoms with van der Waals surface area (Å²) in [7, 11) is 0. The number of ether oxygens (including phenoxy) is 1. The number of fused-ring (bicyclic) bond motifs is 3. The minimum Gasteiger partial charge on any atom is -0.493 e. The monoisotopic (exact) mass is 646 g/mol. The molecule has 6 rings (SSSR count). The van der Waals surface area contributed by atoms with E-state index in [2.05, 4.69) is 15.6 Å². The molecule has 0 bridgehead atoms. The number of carboxylic acids is 1. The van der Waals surface area contributed by atoms with Gasteiger partial charge in [0.2, 0.25) is 0 Å². The van der Waals surface area contributed by atoms with Crippen molar-refractivity contribution in [3.63, 3.8) is 0 Å². The first-order valence-corrected chi connectivity index (χ1v) is 16.1. The van der Waals surface area contributed by atoms with Gasteiger partial charge in [-0.3, -0.25) is 9.59 Å². The number of aromatic carboxylic acids is 1. The molecule has 9 nitrogen and oxygen atoms in total. The first kappa shape index (κ1) is 31.7. The highest BCUT2D eigenvalue weighted by Gasteiger charge is 2.27. The first-order valence-electron chi connectivity index (χ1n) is 15.2. The molecule has 1 aliphatic heterocycles. The largest absolute Gasteiger partial charge is 0.493 e. The van der Waals surface area contributed by atoms with E-state index in [0.29, 0.717) is 36.6 Å². The van der Waals surface area contributed by atoms with E-state index in [0.717, 1.165) is 38.3 Å². The molecule has 2 aromatic heterocycles. The Balaban J connectivity index is 1.45. The molecule has 238 valence electrons. The molecule has 2 amide bonds. The van der Waals surface area contributed by atoms with Crippen LogP contribution in [0.3, 0.4) is 0 Å². The summed E-state index contributed by atoms with van der Waals surface area (Å²) in [5.74, 6) is -1.74. The Morgan fingerprint density at radius 2 is 1.70 bits per heavy atom. The van der Waals surface area contributed by atoms with E-state index in [1.807, 2.05) is 74.7 Å². The number of carboxylic acid groups (broad SMARTS) is 1. The van der Waals surface area contributed by atoms with Crippen LogP contribution in [0.2, 0.25) is 0 Å². The van der Waals surface area contributed by atoms with Gasteiger partial charge >= 0.3 is 5.97 Å². The third-order valence-corrected chi connectivity index (χ3v) is 9.31. The molecule has 0 aliphatic carbocycles. The Morgan fingerprint density at radius 3 is 2.40 bits per heavy atom. The number of hydrogen-bond acceptors (Lipinski definition) is 7. The molecular weight excluding hydrogens is 612 g/mol. The maximum absolute atomic E-state index is 14.2. The van der Waals surface area contributed by atoms with Gasteiger partial charge < -0.3 is 26.2 Å². The van der Waals surface area contributed by atoms with Gasteiger partial charge in [0, 0.05) is 45.8 Å². The van der Waals surface area contributed by atoms with Crippen molar-refractivity contribution in [2.24, 2.45) is 5.73 Å². The van der Waals surface area contributed by atoms with Crippen LogP contribution in [0.15, 0.2) is 78.2 Å². The van der Waals surface area contributed by atoms with Crippen molar-refractivity contribution in [3.05, 3.63) is 123 Å². The van der Waals surface area contributed by atoms with Crippen LogP contribution >= 0.6 is 11.3 Å². The van der Waals surface area contributed by atoms with Crippen LogP contribution in [0, 0.1) is 13.8 Å².